The van der Waals surface area contributed by atoms with E-state index in [2.05, 4.69) is 9.71 Å². The third-order valence-electron chi connectivity index (χ3n) is 2.51. The Hall–Kier alpha value is -0.700. The van der Waals surface area contributed by atoms with E-state index >= 15 is 0 Å². The summed E-state index contributed by atoms with van der Waals surface area (Å²) in [6.07, 6.45) is 1.60. The van der Waals surface area contributed by atoms with Gasteiger partial charge in [-0.1, -0.05) is 11.3 Å². The van der Waals surface area contributed by atoms with Crippen LogP contribution < -0.4 is 9.60 Å². The van der Waals surface area contributed by atoms with Gasteiger partial charge in [0.2, 0.25) is 0 Å². The van der Waals surface area contributed by atoms with Crippen molar-refractivity contribution in [3.63, 3.8) is 0 Å². The van der Waals surface area contributed by atoms with E-state index in [1.807, 2.05) is 0 Å². The van der Waals surface area contributed by atoms with Crippen molar-refractivity contribution >= 4 is 21.4 Å². The third-order valence-corrected chi connectivity index (χ3v) is 5.63. The number of ether oxygens (including phenoxy) is 1. The van der Waals surface area contributed by atoms with Crippen molar-refractivity contribution in [2.24, 2.45) is 0 Å². The van der Waals surface area contributed by atoms with E-state index < -0.39 is 10.0 Å². The number of rotatable bonds is 3. The van der Waals surface area contributed by atoms with Gasteiger partial charge in [-0.15, -0.1) is 0 Å². The van der Waals surface area contributed by atoms with Crippen LogP contribution in [0.5, 0.6) is 0 Å². The zero-order valence-electron chi connectivity index (χ0n) is 9.36. The molecular formula is C9H14N2O4S2. The van der Waals surface area contributed by atoms with E-state index in [9.17, 15) is 13.2 Å². The highest BCUT2D eigenvalue weighted by molar-refractivity contribution is 7.91. The predicted octanol–water partition coefficient (Wildman–Crippen LogP) is 0.202. The summed E-state index contributed by atoms with van der Waals surface area (Å²) in [7, 11) is -3.61. The van der Waals surface area contributed by atoms with Crippen molar-refractivity contribution in [3.05, 3.63) is 15.4 Å². The summed E-state index contributed by atoms with van der Waals surface area (Å²) >= 11 is 0.707. The SMILES string of the molecule is Cc1[nH]c(=O)sc1S(=O)(=O)NC1CCCOC1. The third kappa shape index (κ3) is 2.95. The van der Waals surface area contributed by atoms with Crippen LogP contribution in [0.4, 0.5) is 0 Å². The van der Waals surface area contributed by atoms with Crippen molar-refractivity contribution in [3.8, 4) is 0 Å². The fourth-order valence-corrected chi connectivity index (χ4v) is 4.33. The van der Waals surface area contributed by atoms with Crippen molar-refractivity contribution < 1.29 is 13.2 Å². The van der Waals surface area contributed by atoms with Gasteiger partial charge < -0.3 is 9.72 Å². The first-order chi connectivity index (χ1) is 7.99. The minimum atomic E-state index is -3.61. The molecule has 0 aliphatic carbocycles. The zero-order valence-corrected chi connectivity index (χ0v) is 11.0. The summed E-state index contributed by atoms with van der Waals surface area (Å²) in [4.78, 5) is 13.2. The lowest BCUT2D eigenvalue weighted by Gasteiger charge is -2.22. The molecule has 0 spiro atoms. The van der Waals surface area contributed by atoms with E-state index in [0.717, 1.165) is 12.8 Å². The maximum Gasteiger partial charge on any atom is 0.305 e. The molecule has 1 aromatic rings. The van der Waals surface area contributed by atoms with Crippen LogP contribution >= 0.6 is 11.3 Å². The largest absolute Gasteiger partial charge is 0.380 e. The molecule has 1 unspecified atom stereocenters. The van der Waals surface area contributed by atoms with Crippen LogP contribution in [-0.2, 0) is 14.8 Å². The van der Waals surface area contributed by atoms with Gasteiger partial charge in [0.15, 0.2) is 4.21 Å². The van der Waals surface area contributed by atoms with E-state index in [-0.39, 0.29) is 15.1 Å². The Labute approximate surface area is 103 Å². The summed E-state index contributed by atoms with van der Waals surface area (Å²) in [5, 5.41) is 0. The summed E-state index contributed by atoms with van der Waals surface area (Å²) in [6, 6.07) is -0.203. The lowest BCUT2D eigenvalue weighted by atomic mass is 10.1. The smallest absolute Gasteiger partial charge is 0.305 e. The molecule has 1 aromatic heterocycles. The monoisotopic (exact) mass is 278 g/mol. The van der Waals surface area contributed by atoms with Crippen molar-refractivity contribution in [1.82, 2.24) is 9.71 Å². The highest BCUT2D eigenvalue weighted by Crippen LogP contribution is 2.17. The van der Waals surface area contributed by atoms with Crippen LogP contribution in [0.3, 0.4) is 0 Å². The molecule has 1 aliphatic heterocycles. The molecule has 17 heavy (non-hydrogen) atoms. The van der Waals surface area contributed by atoms with Gasteiger partial charge in [-0.2, -0.15) is 0 Å². The van der Waals surface area contributed by atoms with Gasteiger partial charge in [0.05, 0.1) is 6.61 Å². The number of sulfonamides is 1. The fraction of sp³-hybridized carbons (Fsp3) is 0.667. The summed E-state index contributed by atoms with van der Waals surface area (Å²) in [6.45, 7) is 2.64. The Bertz CT molecular complexity index is 540. The number of hydrogen-bond acceptors (Lipinski definition) is 5. The molecule has 1 saturated heterocycles. The molecule has 0 radical (unpaired) electrons. The van der Waals surface area contributed by atoms with Crippen molar-refractivity contribution in [1.29, 1.82) is 0 Å². The Balaban J connectivity index is 2.18. The molecule has 2 rings (SSSR count). The van der Waals surface area contributed by atoms with Crippen molar-refractivity contribution in [2.45, 2.75) is 30.0 Å². The van der Waals surface area contributed by atoms with E-state index in [0.29, 0.717) is 30.2 Å². The molecule has 2 heterocycles. The number of aromatic nitrogens is 1. The van der Waals surface area contributed by atoms with Gasteiger partial charge in [0.25, 0.3) is 10.0 Å². The molecule has 8 heteroatoms. The number of H-pyrrole nitrogens is 1. The average Bonchev–Trinajstić information content (AvgIpc) is 2.59. The lowest BCUT2D eigenvalue weighted by Crippen LogP contribution is -2.40. The molecule has 0 saturated carbocycles. The standard InChI is InChI=1S/C9H14N2O4S2/c1-6-8(16-9(12)10-6)17(13,14)11-7-3-2-4-15-5-7/h7,11H,2-5H2,1H3,(H,10,12). The minimum Gasteiger partial charge on any atom is -0.380 e. The van der Waals surface area contributed by atoms with Crippen LogP contribution in [0.2, 0.25) is 0 Å². The van der Waals surface area contributed by atoms with Crippen LogP contribution in [-0.4, -0.2) is 32.7 Å². The molecule has 96 valence electrons. The Morgan fingerprint density at radius 3 is 2.82 bits per heavy atom. The minimum absolute atomic E-state index is 0.0630. The Morgan fingerprint density at radius 2 is 2.29 bits per heavy atom. The van der Waals surface area contributed by atoms with Gasteiger partial charge in [0, 0.05) is 18.3 Å². The van der Waals surface area contributed by atoms with E-state index in [1.165, 1.54) is 0 Å². The second-order valence-electron chi connectivity index (χ2n) is 3.96. The number of thiazole rings is 1. The topological polar surface area (TPSA) is 88.3 Å². The second-order valence-corrected chi connectivity index (χ2v) is 6.85. The number of aromatic amines is 1. The molecule has 2 N–H and O–H groups in total. The van der Waals surface area contributed by atoms with Gasteiger partial charge in [-0.3, -0.25) is 4.79 Å². The molecule has 0 amide bonds. The second kappa shape index (κ2) is 4.89. The van der Waals surface area contributed by atoms with E-state index in [4.69, 9.17) is 4.74 Å². The molecule has 1 fully saturated rings. The highest BCUT2D eigenvalue weighted by Gasteiger charge is 2.25. The normalized spacial score (nSPS) is 21.6. The summed E-state index contributed by atoms with van der Waals surface area (Å²) in [5.74, 6) is 0. The summed E-state index contributed by atoms with van der Waals surface area (Å²) in [5.41, 5.74) is 0.379. The summed E-state index contributed by atoms with van der Waals surface area (Å²) < 4.78 is 31.9. The lowest BCUT2D eigenvalue weighted by molar-refractivity contribution is 0.0774. The Kier molecular flexibility index (Phi) is 3.67. The molecular weight excluding hydrogens is 264 g/mol. The quantitative estimate of drug-likeness (QED) is 0.827. The van der Waals surface area contributed by atoms with Crippen molar-refractivity contribution in [2.75, 3.05) is 13.2 Å². The molecule has 1 atom stereocenters. The van der Waals surface area contributed by atoms with Crippen LogP contribution in [0.15, 0.2) is 9.00 Å². The predicted molar refractivity (Wildman–Crippen MR) is 63.8 cm³/mol. The van der Waals surface area contributed by atoms with Gasteiger partial charge >= 0.3 is 4.87 Å². The van der Waals surface area contributed by atoms with Crippen LogP contribution in [0.1, 0.15) is 18.5 Å². The average molecular weight is 278 g/mol. The molecule has 6 nitrogen and oxygen atoms in total. The maximum atomic E-state index is 12.0. The first kappa shape index (κ1) is 12.7. The van der Waals surface area contributed by atoms with Gasteiger partial charge in [-0.05, 0) is 19.8 Å². The van der Waals surface area contributed by atoms with Crippen LogP contribution in [0.25, 0.3) is 0 Å². The maximum absolute atomic E-state index is 12.0. The molecule has 0 aromatic carbocycles. The number of hydrogen-bond donors (Lipinski definition) is 2. The van der Waals surface area contributed by atoms with Gasteiger partial charge in [0.1, 0.15) is 0 Å². The first-order valence-corrected chi connectivity index (χ1v) is 7.59. The van der Waals surface area contributed by atoms with Gasteiger partial charge in [-0.25, -0.2) is 13.1 Å². The number of aryl methyl sites for hydroxylation is 1. The highest BCUT2D eigenvalue weighted by atomic mass is 32.2. The zero-order chi connectivity index (χ0) is 12.5. The first-order valence-electron chi connectivity index (χ1n) is 5.29. The molecule has 1 aliphatic rings. The van der Waals surface area contributed by atoms with Crippen LogP contribution in [0, 0.1) is 6.92 Å². The Morgan fingerprint density at radius 1 is 1.53 bits per heavy atom. The fourth-order valence-electron chi connectivity index (χ4n) is 1.75. The van der Waals surface area contributed by atoms with E-state index in [1.54, 1.807) is 6.92 Å². The molecule has 0 bridgehead atoms. The number of nitrogens with one attached hydrogen (secondary N) is 2.